The third-order valence-corrected chi connectivity index (χ3v) is 8.52. The van der Waals surface area contributed by atoms with Gasteiger partial charge in [0, 0.05) is 11.5 Å². The molecule has 0 aromatic carbocycles. The molecule has 0 aliphatic heterocycles. The van der Waals surface area contributed by atoms with Crippen molar-refractivity contribution < 1.29 is 0 Å². The van der Waals surface area contributed by atoms with Gasteiger partial charge in [0.15, 0.2) is 0 Å². The molecule has 0 nitrogen and oxygen atoms in total. The summed E-state index contributed by atoms with van der Waals surface area (Å²) in [4.78, 5) is 0. The van der Waals surface area contributed by atoms with E-state index in [1.807, 2.05) is 23.5 Å². The van der Waals surface area contributed by atoms with Crippen LogP contribution >= 0.6 is 74.0 Å². The lowest BCUT2D eigenvalue weighted by Gasteiger charge is -2.25. The molecule has 0 bridgehead atoms. The van der Waals surface area contributed by atoms with Gasteiger partial charge in [-0.2, -0.15) is 62.3 Å². The summed E-state index contributed by atoms with van der Waals surface area (Å²) in [6.45, 7) is 0. The number of hydrogen-bond acceptors (Lipinski definition) is 6. The van der Waals surface area contributed by atoms with Crippen molar-refractivity contribution in [1.29, 1.82) is 0 Å². The van der Waals surface area contributed by atoms with Crippen molar-refractivity contribution >= 4 is 74.0 Å². The van der Waals surface area contributed by atoms with Gasteiger partial charge in [0.1, 0.15) is 0 Å². The molecule has 1 atom stereocenters. The van der Waals surface area contributed by atoms with Gasteiger partial charge in [0.25, 0.3) is 0 Å². The summed E-state index contributed by atoms with van der Waals surface area (Å²) in [6, 6.07) is 0. The summed E-state index contributed by atoms with van der Waals surface area (Å²) in [5.74, 6) is 6.46. The lowest BCUT2D eigenvalue weighted by molar-refractivity contribution is 0.710. The van der Waals surface area contributed by atoms with E-state index < -0.39 is 0 Å². The largest absolute Gasteiger partial charge is 0.179 e. The van der Waals surface area contributed by atoms with Crippen LogP contribution in [0.1, 0.15) is 51.4 Å². The maximum Gasteiger partial charge on any atom is 0.0758 e. The van der Waals surface area contributed by atoms with Gasteiger partial charge in [-0.1, -0.05) is 25.7 Å². The number of rotatable bonds is 16. The van der Waals surface area contributed by atoms with E-state index in [0.29, 0.717) is 0 Å². The van der Waals surface area contributed by atoms with Crippen LogP contribution < -0.4 is 0 Å². The van der Waals surface area contributed by atoms with Crippen molar-refractivity contribution in [2.24, 2.45) is 0 Å². The highest BCUT2D eigenvalue weighted by Crippen LogP contribution is 2.35. The third kappa shape index (κ3) is 15.4. The second-order valence-electron chi connectivity index (χ2n) is 5.28. The van der Waals surface area contributed by atoms with E-state index in [0.717, 1.165) is 23.0 Å². The number of hydrogen-bond donors (Lipinski definition) is 4. The average Bonchev–Trinajstić information content (AvgIpc) is 2.50. The molecule has 0 fully saturated rings. The predicted octanol–water partition coefficient (Wildman–Crippen LogP) is 5.99. The minimum atomic E-state index is 0.0441. The molecular formula is C15H32S6. The zero-order valence-electron chi connectivity index (χ0n) is 13.0. The Morgan fingerprint density at radius 2 is 1.19 bits per heavy atom. The van der Waals surface area contributed by atoms with Gasteiger partial charge < -0.3 is 0 Å². The van der Waals surface area contributed by atoms with E-state index in [9.17, 15) is 0 Å². The lowest BCUT2D eigenvalue weighted by Crippen LogP contribution is -2.23. The first-order chi connectivity index (χ1) is 10.2. The summed E-state index contributed by atoms with van der Waals surface area (Å²) in [5.41, 5.74) is 0. The normalized spacial score (nSPS) is 14.3. The average molecular weight is 405 g/mol. The first kappa shape index (κ1) is 23.1. The monoisotopic (exact) mass is 404 g/mol. The fourth-order valence-electron chi connectivity index (χ4n) is 1.86. The minimum absolute atomic E-state index is 0.0441. The third-order valence-electron chi connectivity index (χ3n) is 3.19. The first-order valence-corrected chi connectivity index (χ1v) is 12.4. The molecule has 0 heterocycles. The van der Waals surface area contributed by atoms with Crippen LogP contribution in [0.3, 0.4) is 0 Å². The van der Waals surface area contributed by atoms with E-state index in [4.69, 9.17) is 12.6 Å². The van der Waals surface area contributed by atoms with Crippen molar-refractivity contribution in [3.05, 3.63) is 0 Å². The van der Waals surface area contributed by atoms with E-state index in [1.165, 1.54) is 62.9 Å². The van der Waals surface area contributed by atoms with Crippen LogP contribution in [0.5, 0.6) is 0 Å². The molecule has 0 aromatic heterocycles. The van der Waals surface area contributed by atoms with Crippen molar-refractivity contribution in [2.45, 2.75) is 55.4 Å². The van der Waals surface area contributed by atoms with Gasteiger partial charge in [-0.15, -0.1) is 11.8 Å². The molecule has 0 saturated carbocycles. The fraction of sp³-hybridized carbons (Fsp3) is 1.00. The summed E-state index contributed by atoms with van der Waals surface area (Å²) in [5, 5.41) is 0. The van der Waals surface area contributed by atoms with E-state index in [1.54, 1.807) is 0 Å². The zero-order valence-corrected chi connectivity index (χ0v) is 18.2. The Labute approximate surface area is 163 Å². The van der Waals surface area contributed by atoms with Crippen LogP contribution in [0.4, 0.5) is 0 Å². The highest BCUT2D eigenvalue weighted by atomic mass is 32.2. The second kappa shape index (κ2) is 16.9. The molecule has 0 aromatic rings. The highest BCUT2D eigenvalue weighted by Gasteiger charge is 2.23. The van der Waals surface area contributed by atoms with Crippen molar-refractivity contribution in [3.8, 4) is 0 Å². The predicted molar refractivity (Wildman–Crippen MR) is 120 cm³/mol. The number of unbranched alkanes of at least 4 members (excludes halogenated alkanes) is 6. The van der Waals surface area contributed by atoms with Crippen LogP contribution in [-0.2, 0) is 0 Å². The number of thiol groups is 4. The smallest absolute Gasteiger partial charge is 0.0758 e. The molecule has 0 saturated heterocycles. The molecule has 0 amide bonds. The SMILES string of the molecule is SCCCCCCSCC(S)(CS)SCCCCCCS. The molecule has 21 heavy (non-hydrogen) atoms. The molecule has 0 N–H and O–H groups in total. The summed E-state index contributed by atoms with van der Waals surface area (Å²) < 4.78 is 0.0441. The molecular weight excluding hydrogens is 373 g/mol. The van der Waals surface area contributed by atoms with E-state index in [2.05, 4.69) is 37.9 Å². The molecule has 0 aliphatic rings. The van der Waals surface area contributed by atoms with Crippen molar-refractivity contribution in [1.82, 2.24) is 0 Å². The molecule has 128 valence electrons. The van der Waals surface area contributed by atoms with E-state index in [-0.39, 0.29) is 4.08 Å². The number of thioether (sulfide) groups is 2. The molecule has 0 radical (unpaired) electrons. The van der Waals surface area contributed by atoms with Crippen molar-refractivity contribution in [3.63, 3.8) is 0 Å². The second-order valence-corrected chi connectivity index (χ2v) is 10.2. The van der Waals surface area contributed by atoms with Crippen molar-refractivity contribution in [2.75, 3.05) is 34.5 Å². The minimum Gasteiger partial charge on any atom is -0.179 e. The Morgan fingerprint density at radius 1 is 0.667 bits per heavy atom. The maximum absolute atomic E-state index is 4.86. The van der Waals surface area contributed by atoms with Gasteiger partial charge >= 0.3 is 0 Å². The molecule has 0 spiro atoms. The van der Waals surface area contributed by atoms with Gasteiger partial charge in [-0.3, -0.25) is 0 Å². The first-order valence-electron chi connectivity index (χ1n) is 7.95. The summed E-state index contributed by atoms with van der Waals surface area (Å²) >= 11 is 21.9. The Morgan fingerprint density at radius 3 is 1.71 bits per heavy atom. The topological polar surface area (TPSA) is 0 Å². The maximum atomic E-state index is 4.86. The quantitative estimate of drug-likeness (QED) is 0.142. The Bertz CT molecular complexity index is 214. The summed E-state index contributed by atoms with van der Waals surface area (Å²) in [6.07, 6.45) is 10.4. The van der Waals surface area contributed by atoms with Crippen LogP contribution in [0.2, 0.25) is 0 Å². The summed E-state index contributed by atoms with van der Waals surface area (Å²) in [7, 11) is 0. The fourth-order valence-corrected chi connectivity index (χ4v) is 5.77. The van der Waals surface area contributed by atoms with Gasteiger partial charge in [-0.05, 0) is 48.7 Å². The lowest BCUT2D eigenvalue weighted by atomic mass is 10.2. The Kier molecular flexibility index (Phi) is 18.6. The van der Waals surface area contributed by atoms with Gasteiger partial charge in [0.05, 0.1) is 4.08 Å². The molecule has 0 rings (SSSR count). The molecule has 6 heteroatoms. The van der Waals surface area contributed by atoms with Gasteiger partial charge in [0.2, 0.25) is 0 Å². The Balaban J connectivity index is 3.55. The van der Waals surface area contributed by atoms with Crippen LogP contribution in [0, 0.1) is 0 Å². The van der Waals surface area contributed by atoms with Crippen LogP contribution in [0.25, 0.3) is 0 Å². The highest BCUT2D eigenvalue weighted by molar-refractivity contribution is 8.14. The Hall–Kier alpha value is 2.10. The van der Waals surface area contributed by atoms with Gasteiger partial charge in [-0.25, -0.2) is 0 Å². The molecule has 0 aliphatic carbocycles. The van der Waals surface area contributed by atoms with Crippen LogP contribution in [0.15, 0.2) is 0 Å². The molecule has 1 unspecified atom stereocenters. The zero-order chi connectivity index (χ0) is 15.8. The standard InChI is InChI=1S/C15H32S6/c16-9-5-1-3-7-11-20-14-15(19,13-18)21-12-8-4-2-6-10-17/h16-19H,1-14H2. The van der Waals surface area contributed by atoms with E-state index >= 15 is 0 Å². The van der Waals surface area contributed by atoms with Crippen LogP contribution in [-0.4, -0.2) is 38.6 Å².